The lowest BCUT2D eigenvalue weighted by molar-refractivity contribution is 0.181. The maximum absolute atomic E-state index is 5.92. The van der Waals surface area contributed by atoms with Crippen LogP contribution in [-0.4, -0.2) is 39.7 Å². The van der Waals surface area contributed by atoms with Gasteiger partial charge in [-0.25, -0.2) is 0 Å². The van der Waals surface area contributed by atoms with E-state index in [1.807, 2.05) is 17.9 Å². The number of rotatable bonds is 5. The fourth-order valence-electron chi connectivity index (χ4n) is 1.30. The van der Waals surface area contributed by atoms with Gasteiger partial charge in [0, 0.05) is 31.2 Å². The van der Waals surface area contributed by atoms with Crippen molar-refractivity contribution in [2.24, 2.45) is 7.05 Å². The number of halogens is 1. The number of aromatic nitrogens is 2. The Balaban J connectivity index is 2.44. The molecule has 0 aromatic carbocycles. The summed E-state index contributed by atoms with van der Waals surface area (Å²) in [6, 6.07) is 0. The topological polar surface area (TPSA) is 21.1 Å². The van der Waals surface area contributed by atoms with Crippen LogP contribution in [0.1, 0.15) is 19.4 Å². The molecule has 1 aromatic heterocycles. The standard InChI is InChI=1S/C11H20ClN3/c1-11(2,9-12)14(3)6-5-10-7-13-15(4)8-10/h7-8H,5-6,9H2,1-4H3. The van der Waals surface area contributed by atoms with Crippen LogP contribution in [-0.2, 0) is 13.5 Å². The van der Waals surface area contributed by atoms with Gasteiger partial charge in [-0.3, -0.25) is 9.58 Å². The predicted molar refractivity (Wildman–Crippen MR) is 64.3 cm³/mol. The van der Waals surface area contributed by atoms with Crippen molar-refractivity contribution in [3.63, 3.8) is 0 Å². The molecule has 0 saturated heterocycles. The van der Waals surface area contributed by atoms with E-state index >= 15 is 0 Å². The summed E-state index contributed by atoms with van der Waals surface area (Å²) in [6.07, 6.45) is 4.99. The highest BCUT2D eigenvalue weighted by Crippen LogP contribution is 2.14. The highest BCUT2D eigenvalue weighted by Gasteiger charge is 2.21. The first-order valence-corrected chi connectivity index (χ1v) is 5.74. The number of hydrogen-bond donors (Lipinski definition) is 0. The van der Waals surface area contributed by atoms with Gasteiger partial charge in [0.1, 0.15) is 0 Å². The molecule has 1 rings (SSSR count). The minimum atomic E-state index is 0.0593. The maximum Gasteiger partial charge on any atom is 0.0522 e. The fraction of sp³-hybridized carbons (Fsp3) is 0.727. The molecular formula is C11H20ClN3. The van der Waals surface area contributed by atoms with Gasteiger partial charge in [0.2, 0.25) is 0 Å². The molecule has 3 nitrogen and oxygen atoms in total. The lowest BCUT2D eigenvalue weighted by Gasteiger charge is -2.33. The summed E-state index contributed by atoms with van der Waals surface area (Å²) in [5, 5.41) is 4.15. The Morgan fingerprint density at radius 1 is 1.53 bits per heavy atom. The van der Waals surface area contributed by atoms with Crippen molar-refractivity contribution >= 4 is 11.6 Å². The average molecular weight is 230 g/mol. The second-order valence-corrected chi connectivity index (χ2v) is 4.91. The second-order valence-electron chi connectivity index (χ2n) is 4.64. The number of hydrogen-bond acceptors (Lipinski definition) is 2. The van der Waals surface area contributed by atoms with Gasteiger partial charge in [-0.05, 0) is 32.9 Å². The largest absolute Gasteiger partial charge is 0.300 e. The van der Waals surface area contributed by atoms with Crippen molar-refractivity contribution in [3.8, 4) is 0 Å². The molecule has 0 saturated carbocycles. The molecule has 0 N–H and O–H groups in total. The van der Waals surface area contributed by atoms with E-state index in [-0.39, 0.29) is 5.54 Å². The Labute approximate surface area is 97.0 Å². The molecule has 4 heteroatoms. The predicted octanol–water partition coefficient (Wildman–Crippen LogP) is 1.91. The fourth-order valence-corrected chi connectivity index (χ4v) is 1.51. The number of alkyl halides is 1. The van der Waals surface area contributed by atoms with Gasteiger partial charge in [0.15, 0.2) is 0 Å². The molecule has 0 fully saturated rings. The van der Waals surface area contributed by atoms with Crippen LogP contribution in [0.5, 0.6) is 0 Å². The van der Waals surface area contributed by atoms with Crippen molar-refractivity contribution in [1.82, 2.24) is 14.7 Å². The van der Waals surface area contributed by atoms with Crippen LogP contribution >= 0.6 is 11.6 Å². The normalized spacial score (nSPS) is 12.4. The van der Waals surface area contributed by atoms with Crippen molar-refractivity contribution < 1.29 is 0 Å². The van der Waals surface area contributed by atoms with E-state index in [1.165, 1.54) is 5.56 Å². The van der Waals surface area contributed by atoms with E-state index < -0.39 is 0 Å². The van der Waals surface area contributed by atoms with Crippen LogP contribution in [0.3, 0.4) is 0 Å². The van der Waals surface area contributed by atoms with E-state index in [0.717, 1.165) is 13.0 Å². The first-order chi connectivity index (χ1) is 6.95. The van der Waals surface area contributed by atoms with Crippen molar-refractivity contribution in [1.29, 1.82) is 0 Å². The first kappa shape index (κ1) is 12.5. The summed E-state index contributed by atoms with van der Waals surface area (Å²) in [4.78, 5) is 2.28. The molecule has 0 aliphatic carbocycles. The molecule has 0 aliphatic rings. The van der Waals surface area contributed by atoms with E-state index in [1.54, 1.807) is 0 Å². The van der Waals surface area contributed by atoms with Crippen LogP contribution in [0, 0.1) is 0 Å². The zero-order valence-electron chi connectivity index (χ0n) is 10.00. The lowest BCUT2D eigenvalue weighted by Crippen LogP contribution is -2.43. The summed E-state index contributed by atoms with van der Waals surface area (Å²) in [5.41, 5.74) is 1.33. The summed E-state index contributed by atoms with van der Waals surface area (Å²) in [7, 11) is 4.05. The summed E-state index contributed by atoms with van der Waals surface area (Å²) in [5.74, 6) is 0.649. The quantitative estimate of drug-likeness (QED) is 0.720. The summed E-state index contributed by atoms with van der Waals surface area (Å²) >= 11 is 5.92. The van der Waals surface area contributed by atoms with Crippen molar-refractivity contribution in [2.75, 3.05) is 19.5 Å². The van der Waals surface area contributed by atoms with Crippen LogP contribution in [0.2, 0.25) is 0 Å². The third kappa shape index (κ3) is 3.50. The van der Waals surface area contributed by atoms with Gasteiger partial charge >= 0.3 is 0 Å². The molecule has 1 heterocycles. The van der Waals surface area contributed by atoms with E-state index in [9.17, 15) is 0 Å². The minimum absolute atomic E-state index is 0.0593. The highest BCUT2D eigenvalue weighted by atomic mass is 35.5. The summed E-state index contributed by atoms with van der Waals surface area (Å²) < 4.78 is 1.84. The number of aryl methyl sites for hydroxylation is 1. The number of likely N-dealkylation sites (N-methyl/N-ethyl adjacent to an activating group) is 1. The van der Waals surface area contributed by atoms with Crippen LogP contribution < -0.4 is 0 Å². The third-order valence-electron chi connectivity index (χ3n) is 2.85. The average Bonchev–Trinajstić information content (AvgIpc) is 2.60. The van der Waals surface area contributed by atoms with Crippen LogP contribution in [0.25, 0.3) is 0 Å². The highest BCUT2D eigenvalue weighted by molar-refractivity contribution is 6.18. The van der Waals surface area contributed by atoms with E-state index in [0.29, 0.717) is 5.88 Å². The minimum Gasteiger partial charge on any atom is -0.300 e. The smallest absolute Gasteiger partial charge is 0.0522 e. The van der Waals surface area contributed by atoms with Gasteiger partial charge in [0.25, 0.3) is 0 Å². The molecule has 0 radical (unpaired) electrons. The van der Waals surface area contributed by atoms with Gasteiger partial charge in [-0.1, -0.05) is 0 Å². The maximum atomic E-state index is 5.92. The Morgan fingerprint density at radius 3 is 2.67 bits per heavy atom. The first-order valence-electron chi connectivity index (χ1n) is 5.20. The van der Waals surface area contributed by atoms with E-state index in [2.05, 4.69) is 37.1 Å². The SMILES string of the molecule is CN(CCc1cnn(C)c1)C(C)(C)CCl. The second kappa shape index (κ2) is 4.99. The molecular weight excluding hydrogens is 210 g/mol. The van der Waals surface area contributed by atoms with Crippen molar-refractivity contribution in [3.05, 3.63) is 18.0 Å². The molecule has 0 bridgehead atoms. The van der Waals surface area contributed by atoms with Gasteiger partial charge < -0.3 is 0 Å². The molecule has 0 atom stereocenters. The zero-order valence-corrected chi connectivity index (χ0v) is 10.8. The van der Waals surface area contributed by atoms with Gasteiger partial charge in [0.05, 0.1) is 6.20 Å². The van der Waals surface area contributed by atoms with Crippen LogP contribution in [0.15, 0.2) is 12.4 Å². The van der Waals surface area contributed by atoms with Gasteiger partial charge in [-0.2, -0.15) is 5.10 Å². The molecule has 0 aliphatic heterocycles. The monoisotopic (exact) mass is 229 g/mol. The van der Waals surface area contributed by atoms with E-state index in [4.69, 9.17) is 11.6 Å². The Bertz CT molecular complexity index is 307. The number of nitrogens with zero attached hydrogens (tertiary/aromatic N) is 3. The lowest BCUT2D eigenvalue weighted by atomic mass is 10.1. The summed E-state index contributed by atoms with van der Waals surface area (Å²) in [6.45, 7) is 5.32. The Hall–Kier alpha value is -0.540. The molecule has 1 aromatic rings. The van der Waals surface area contributed by atoms with Crippen molar-refractivity contribution in [2.45, 2.75) is 25.8 Å². The molecule has 0 unspecified atom stereocenters. The third-order valence-corrected chi connectivity index (χ3v) is 3.51. The van der Waals surface area contributed by atoms with Crippen LogP contribution in [0.4, 0.5) is 0 Å². The zero-order chi connectivity index (χ0) is 11.5. The molecule has 15 heavy (non-hydrogen) atoms. The Kier molecular flexibility index (Phi) is 4.17. The Morgan fingerprint density at radius 2 is 2.20 bits per heavy atom. The molecule has 0 spiro atoms. The van der Waals surface area contributed by atoms with Gasteiger partial charge in [-0.15, -0.1) is 11.6 Å². The molecule has 0 amide bonds. The molecule has 86 valence electrons.